The van der Waals surface area contributed by atoms with Crippen molar-refractivity contribution in [3.05, 3.63) is 99.5 Å². The lowest BCUT2D eigenvalue weighted by Gasteiger charge is -2.43. The van der Waals surface area contributed by atoms with Crippen LogP contribution in [0.15, 0.2) is 98.8 Å². The molecule has 0 fully saturated rings. The molecule has 3 aromatic rings. The summed E-state index contributed by atoms with van der Waals surface area (Å²) in [7, 11) is -3.67. The molecule has 5 heteroatoms. The van der Waals surface area contributed by atoms with Crippen LogP contribution in [0.25, 0.3) is 0 Å². The minimum absolute atomic E-state index is 0.0444. The molecule has 0 aromatic heterocycles. The summed E-state index contributed by atoms with van der Waals surface area (Å²) in [5, 5.41) is 2.51. The van der Waals surface area contributed by atoms with E-state index in [1.807, 2.05) is 37.3 Å². The summed E-state index contributed by atoms with van der Waals surface area (Å²) in [5.74, 6) is 0. The molecule has 32 heavy (non-hydrogen) atoms. The number of hydrogen-bond acceptors (Lipinski definition) is 2. The molecule has 0 aliphatic rings. The van der Waals surface area contributed by atoms with Crippen LogP contribution in [0.1, 0.15) is 32.8 Å². The van der Waals surface area contributed by atoms with Crippen molar-refractivity contribution in [3.63, 3.8) is 0 Å². The second-order valence-electron chi connectivity index (χ2n) is 8.89. The lowest BCUT2D eigenvalue weighted by atomic mass is 10.2. The van der Waals surface area contributed by atoms with Gasteiger partial charge in [0, 0.05) is 11.5 Å². The van der Waals surface area contributed by atoms with Gasteiger partial charge in [0.05, 0.1) is 13.7 Å². The van der Waals surface area contributed by atoms with Crippen LogP contribution in [0, 0.1) is 6.92 Å². The normalized spacial score (nSPS) is 13.7. The van der Waals surface area contributed by atoms with Crippen LogP contribution in [-0.4, -0.2) is 19.1 Å². The molecule has 0 aliphatic heterocycles. The topological polar surface area (TPSA) is 26.3 Å². The van der Waals surface area contributed by atoms with Crippen molar-refractivity contribution < 1.29 is 8.63 Å². The van der Waals surface area contributed by atoms with Crippen molar-refractivity contribution in [1.82, 2.24) is 0 Å². The van der Waals surface area contributed by atoms with Gasteiger partial charge in [-0.1, -0.05) is 105 Å². The zero-order valence-electron chi connectivity index (χ0n) is 19.2. The third kappa shape index (κ3) is 5.68. The molecule has 0 amide bonds. The van der Waals surface area contributed by atoms with Gasteiger partial charge < -0.3 is 4.43 Å². The molecule has 0 bridgehead atoms. The Morgan fingerprint density at radius 3 is 1.88 bits per heavy atom. The first-order valence-corrected chi connectivity index (χ1v) is 15.0. The van der Waals surface area contributed by atoms with Crippen LogP contribution in [0.5, 0.6) is 0 Å². The Kier molecular flexibility index (Phi) is 8.66. The maximum atomic E-state index is 12.9. The summed E-state index contributed by atoms with van der Waals surface area (Å²) in [6, 6.07) is 29.2. The summed E-state index contributed by atoms with van der Waals surface area (Å²) >= 11 is 2.20. The average Bonchev–Trinajstić information content (AvgIpc) is 2.79. The third-order valence-electron chi connectivity index (χ3n) is 5.57. The van der Waals surface area contributed by atoms with E-state index in [2.05, 4.69) is 104 Å². The molecule has 3 aromatic carbocycles. The molecule has 0 spiro atoms. The van der Waals surface area contributed by atoms with Crippen molar-refractivity contribution in [1.29, 1.82) is 0 Å². The SMILES string of the molecule is Cc1ccc(S(=O)/C(I)=C/CCO[Si](c2ccccc2)(c2ccccc2)C(C)(C)C)cc1. The molecule has 0 aliphatic carbocycles. The fourth-order valence-corrected chi connectivity index (χ4v) is 10.5. The number of rotatable bonds is 8. The molecular formula is C27H31IO2SSi. The van der Waals surface area contributed by atoms with E-state index in [9.17, 15) is 4.21 Å². The van der Waals surface area contributed by atoms with Crippen molar-refractivity contribution in [2.24, 2.45) is 0 Å². The van der Waals surface area contributed by atoms with Crippen molar-refractivity contribution in [3.8, 4) is 0 Å². The van der Waals surface area contributed by atoms with E-state index < -0.39 is 19.1 Å². The largest absolute Gasteiger partial charge is 0.407 e. The molecule has 168 valence electrons. The van der Waals surface area contributed by atoms with Gasteiger partial charge in [-0.15, -0.1) is 0 Å². The van der Waals surface area contributed by atoms with Crippen LogP contribution in [0.3, 0.4) is 0 Å². The minimum atomic E-state index is -2.53. The van der Waals surface area contributed by atoms with Gasteiger partial charge in [0.15, 0.2) is 0 Å². The Morgan fingerprint density at radius 2 is 1.41 bits per heavy atom. The Labute approximate surface area is 209 Å². The molecular weight excluding hydrogens is 543 g/mol. The lowest BCUT2D eigenvalue weighted by molar-refractivity contribution is 0.304. The lowest BCUT2D eigenvalue weighted by Crippen LogP contribution is -2.66. The van der Waals surface area contributed by atoms with E-state index >= 15 is 0 Å². The van der Waals surface area contributed by atoms with Crippen molar-refractivity contribution in [2.75, 3.05) is 6.61 Å². The number of halogens is 1. The first-order valence-electron chi connectivity index (χ1n) is 10.8. The molecule has 2 nitrogen and oxygen atoms in total. The Bertz CT molecular complexity index is 1020. The van der Waals surface area contributed by atoms with Crippen LogP contribution in [-0.2, 0) is 15.2 Å². The van der Waals surface area contributed by atoms with Crippen LogP contribution in [0.4, 0.5) is 0 Å². The van der Waals surface area contributed by atoms with Crippen molar-refractivity contribution in [2.45, 2.75) is 44.0 Å². The maximum Gasteiger partial charge on any atom is 0.261 e. The van der Waals surface area contributed by atoms with E-state index in [4.69, 9.17) is 4.43 Å². The second-order valence-corrected chi connectivity index (χ2v) is 16.5. The number of aryl methyl sites for hydroxylation is 1. The highest BCUT2D eigenvalue weighted by Gasteiger charge is 2.49. The Hall–Kier alpha value is -1.54. The molecule has 3 rings (SSSR count). The number of benzene rings is 3. The van der Waals surface area contributed by atoms with E-state index in [-0.39, 0.29) is 5.04 Å². The maximum absolute atomic E-state index is 12.9. The van der Waals surface area contributed by atoms with E-state index in [0.717, 1.165) is 14.2 Å². The number of hydrogen-bond donors (Lipinski definition) is 0. The van der Waals surface area contributed by atoms with E-state index in [1.165, 1.54) is 15.9 Å². The highest BCUT2D eigenvalue weighted by molar-refractivity contribution is 14.1. The fraction of sp³-hybridized carbons (Fsp3) is 0.259. The Balaban J connectivity index is 1.84. The van der Waals surface area contributed by atoms with Gasteiger partial charge in [0.2, 0.25) is 0 Å². The second kappa shape index (κ2) is 11.1. The van der Waals surface area contributed by atoms with E-state index in [1.54, 1.807) is 0 Å². The highest BCUT2D eigenvalue weighted by Crippen LogP contribution is 2.36. The third-order valence-corrected chi connectivity index (χ3v) is 13.5. The smallest absolute Gasteiger partial charge is 0.261 e. The first kappa shape index (κ1) is 25.1. The first-order chi connectivity index (χ1) is 15.3. The summed E-state index contributed by atoms with van der Waals surface area (Å²) < 4.78 is 20.6. The quantitative estimate of drug-likeness (QED) is 0.178. The zero-order valence-corrected chi connectivity index (χ0v) is 23.2. The average molecular weight is 575 g/mol. The molecule has 0 heterocycles. The molecule has 1 unspecified atom stereocenters. The molecule has 0 N–H and O–H groups in total. The van der Waals surface area contributed by atoms with Gasteiger partial charge in [0.1, 0.15) is 0 Å². The van der Waals surface area contributed by atoms with Crippen LogP contribution < -0.4 is 10.4 Å². The van der Waals surface area contributed by atoms with Gasteiger partial charge in [-0.25, -0.2) is 4.21 Å². The minimum Gasteiger partial charge on any atom is -0.407 e. The molecule has 1 atom stereocenters. The summed E-state index contributed by atoms with van der Waals surface area (Å²) in [4.78, 5) is 0.837. The Morgan fingerprint density at radius 1 is 0.906 bits per heavy atom. The molecule has 0 saturated heterocycles. The summed E-state index contributed by atoms with van der Waals surface area (Å²) in [5.41, 5.74) is 1.17. The van der Waals surface area contributed by atoms with Crippen LogP contribution in [0.2, 0.25) is 5.04 Å². The fourth-order valence-electron chi connectivity index (χ4n) is 4.00. The van der Waals surface area contributed by atoms with Gasteiger partial charge >= 0.3 is 0 Å². The predicted molar refractivity (Wildman–Crippen MR) is 148 cm³/mol. The molecule has 0 saturated carbocycles. The predicted octanol–water partition coefficient (Wildman–Crippen LogP) is 6.35. The summed E-state index contributed by atoms with van der Waals surface area (Å²) in [6.45, 7) is 9.47. The van der Waals surface area contributed by atoms with Gasteiger partial charge in [-0.2, -0.15) is 0 Å². The molecule has 0 radical (unpaired) electrons. The zero-order chi connectivity index (χ0) is 23.2. The summed E-state index contributed by atoms with van der Waals surface area (Å²) in [6.07, 6.45) is 2.77. The van der Waals surface area contributed by atoms with E-state index in [0.29, 0.717) is 6.61 Å². The highest BCUT2D eigenvalue weighted by atomic mass is 127. The van der Waals surface area contributed by atoms with Gasteiger partial charge in [0.25, 0.3) is 8.32 Å². The van der Waals surface area contributed by atoms with Gasteiger partial charge in [-0.05, 0) is 63.5 Å². The van der Waals surface area contributed by atoms with Gasteiger partial charge in [-0.3, -0.25) is 0 Å². The monoisotopic (exact) mass is 574 g/mol. The van der Waals surface area contributed by atoms with Crippen LogP contribution >= 0.6 is 22.6 Å². The standard InChI is InChI=1S/C27H31IO2SSi/c1-22-17-19-23(20-18-22)31(29)26(28)16-11-21-30-32(27(2,3)4,24-12-7-5-8-13-24)25-14-9-6-10-15-25/h5-10,12-20H,11,21H2,1-4H3/b26-16+. The van der Waals surface area contributed by atoms with Crippen molar-refractivity contribution >= 4 is 52.1 Å².